The van der Waals surface area contributed by atoms with E-state index in [4.69, 9.17) is 0 Å². The van der Waals surface area contributed by atoms with Crippen molar-refractivity contribution in [1.29, 1.82) is 0 Å². The van der Waals surface area contributed by atoms with Crippen LogP contribution in [-0.2, 0) is 9.59 Å². The molecule has 0 radical (unpaired) electrons. The molecule has 20 heavy (non-hydrogen) atoms. The number of carbonyl (C=O) groups excluding carboxylic acids is 1. The summed E-state index contributed by atoms with van der Waals surface area (Å²) in [5.41, 5.74) is 0. The molecule has 5 heteroatoms. The molecule has 0 spiro atoms. The number of carboxylic acid groups (broad SMARTS) is 1. The topological polar surface area (TPSA) is 69.6 Å². The molecule has 0 bridgehead atoms. The lowest BCUT2D eigenvalue weighted by Crippen LogP contribution is -2.50. The van der Waals surface area contributed by atoms with Crippen molar-refractivity contribution in [3.63, 3.8) is 0 Å². The highest BCUT2D eigenvalue weighted by molar-refractivity contribution is 5.85. The Bertz CT molecular complexity index is 395. The third-order valence-corrected chi connectivity index (χ3v) is 4.39. The molecular formula is C15H24N2O3. The van der Waals surface area contributed by atoms with Gasteiger partial charge in [-0.05, 0) is 38.8 Å². The van der Waals surface area contributed by atoms with Gasteiger partial charge in [0.25, 0.3) is 0 Å². The number of likely N-dealkylation sites (N-methyl/N-ethyl adjacent to an activating group) is 1. The summed E-state index contributed by atoms with van der Waals surface area (Å²) >= 11 is 0. The van der Waals surface area contributed by atoms with Crippen LogP contribution >= 0.6 is 0 Å². The lowest BCUT2D eigenvalue weighted by atomic mass is 9.82. The number of nitrogens with one attached hydrogen (secondary N) is 1. The van der Waals surface area contributed by atoms with Crippen molar-refractivity contribution in [3.05, 3.63) is 12.2 Å². The minimum absolute atomic E-state index is 0.0929. The Morgan fingerprint density at radius 1 is 1.30 bits per heavy atom. The molecule has 1 amide bonds. The van der Waals surface area contributed by atoms with Crippen LogP contribution in [0.2, 0.25) is 0 Å². The van der Waals surface area contributed by atoms with E-state index < -0.39 is 17.8 Å². The molecule has 1 aliphatic carbocycles. The second-order valence-electron chi connectivity index (χ2n) is 5.74. The van der Waals surface area contributed by atoms with Gasteiger partial charge in [-0.1, -0.05) is 19.1 Å². The Kier molecular flexibility index (Phi) is 5.17. The maximum absolute atomic E-state index is 12.3. The maximum Gasteiger partial charge on any atom is 0.307 e. The average Bonchev–Trinajstić information content (AvgIpc) is 2.47. The first-order chi connectivity index (χ1) is 9.61. The molecule has 0 aromatic heterocycles. The largest absolute Gasteiger partial charge is 0.481 e. The normalized spacial score (nSPS) is 30.9. The van der Waals surface area contributed by atoms with Crippen LogP contribution in [0.25, 0.3) is 0 Å². The van der Waals surface area contributed by atoms with Gasteiger partial charge in [-0.15, -0.1) is 0 Å². The highest BCUT2D eigenvalue weighted by atomic mass is 16.4. The summed E-state index contributed by atoms with van der Waals surface area (Å²) in [7, 11) is 0. The highest BCUT2D eigenvalue weighted by Gasteiger charge is 2.35. The van der Waals surface area contributed by atoms with E-state index in [2.05, 4.69) is 17.1 Å². The Balaban J connectivity index is 1.93. The summed E-state index contributed by atoms with van der Waals surface area (Å²) in [5, 5.41) is 12.3. The molecule has 2 N–H and O–H groups in total. The smallest absolute Gasteiger partial charge is 0.307 e. The number of nitrogens with zero attached hydrogens (tertiary/aromatic N) is 1. The van der Waals surface area contributed by atoms with Crippen molar-refractivity contribution < 1.29 is 14.7 Å². The average molecular weight is 280 g/mol. The van der Waals surface area contributed by atoms with Gasteiger partial charge in [0.15, 0.2) is 0 Å². The SMILES string of the molecule is CCN1CCCC(NC(=O)[C@@H]2CC=CC[C@@H]2C(=O)O)C1. The van der Waals surface area contributed by atoms with Gasteiger partial charge in [0, 0.05) is 12.6 Å². The molecule has 1 saturated heterocycles. The van der Waals surface area contributed by atoms with Gasteiger partial charge in [-0.3, -0.25) is 9.59 Å². The number of allylic oxidation sites excluding steroid dienone is 2. The van der Waals surface area contributed by atoms with E-state index in [-0.39, 0.29) is 11.9 Å². The molecule has 1 heterocycles. The molecule has 2 rings (SSSR count). The zero-order valence-corrected chi connectivity index (χ0v) is 12.0. The zero-order valence-electron chi connectivity index (χ0n) is 12.0. The van der Waals surface area contributed by atoms with E-state index in [1.165, 1.54) is 0 Å². The molecular weight excluding hydrogens is 256 g/mol. The molecule has 0 aromatic rings. The standard InChI is InChI=1S/C15H24N2O3/c1-2-17-9-5-6-11(10-17)16-14(18)12-7-3-4-8-13(12)15(19)20/h3-4,11-13H,2,5-10H2,1H3,(H,16,18)(H,19,20)/t11?,12-,13+/m1/s1. The molecule has 3 atom stereocenters. The molecule has 1 unspecified atom stereocenters. The van der Waals surface area contributed by atoms with E-state index in [1.807, 2.05) is 12.2 Å². The Labute approximate surface area is 120 Å². The minimum atomic E-state index is -0.867. The monoisotopic (exact) mass is 280 g/mol. The number of hydrogen-bond donors (Lipinski definition) is 2. The molecule has 2 aliphatic rings. The van der Waals surface area contributed by atoms with Gasteiger partial charge in [0.1, 0.15) is 0 Å². The first kappa shape index (κ1) is 15.0. The number of rotatable bonds is 4. The van der Waals surface area contributed by atoms with Crippen molar-refractivity contribution in [1.82, 2.24) is 10.2 Å². The van der Waals surface area contributed by atoms with Gasteiger partial charge in [-0.2, -0.15) is 0 Å². The van der Waals surface area contributed by atoms with Crippen LogP contribution in [0.15, 0.2) is 12.2 Å². The lowest BCUT2D eigenvalue weighted by molar-refractivity contribution is -0.147. The third kappa shape index (κ3) is 3.60. The Morgan fingerprint density at radius 3 is 2.65 bits per heavy atom. The maximum atomic E-state index is 12.3. The van der Waals surface area contributed by atoms with Gasteiger partial charge < -0.3 is 15.3 Å². The van der Waals surface area contributed by atoms with Crippen molar-refractivity contribution in [2.24, 2.45) is 11.8 Å². The van der Waals surface area contributed by atoms with Gasteiger partial charge in [0.05, 0.1) is 11.8 Å². The number of piperidine rings is 1. The van der Waals surface area contributed by atoms with Crippen LogP contribution in [0, 0.1) is 11.8 Å². The lowest BCUT2D eigenvalue weighted by Gasteiger charge is -2.34. The quantitative estimate of drug-likeness (QED) is 0.761. The summed E-state index contributed by atoms with van der Waals surface area (Å²) in [6, 6.07) is 0.163. The fourth-order valence-electron chi connectivity index (χ4n) is 3.15. The van der Waals surface area contributed by atoms with Crippen molar-refractivity contribution in [3.8, 4) is 0 Å². The third-order valence-electron chi connectivity index (χ3n) is 4.39. The summed E-state index contributed by atoms with van der Waals surface area (Å²) < 4.78 is 0. The predicted molar refractivity (Wildman–Crippen MR) is 76.3 cm³/mol. The van der Waals surface area contributed by atoms with Crippen LogP contribution in [0.5, 0.6) is 0 Å². The predicted octanol–water partition coefficient (Wildman–Crippen LogP) is 1.25. The molecule has 112 valence electrons. The summed E-state index contributed by atoms with van der Waals surface area (Å²) in [6.45, 7) is 5.09. The molecule has 1 aliphatic heterocycles. The number of aliphatic carboxylic acids is 1. The summed E-state index contributed by atoms with van der Waals surface area (Å²) in [5.74, 6) is -1.96. The highest BCUT2D eigenvalue weighted by Crippen LogP contribution is 2.26. The fraction of sp³-hybridized carbons (Fsp3) is 0.733. The number of likely N-dealkylation sites (tertiary alicyclic amines) is 1. The number of amides is 1. The van der Waals surface area contributed by atoms with Crippen molar-refractivity contribution >= 4 is 11.9 Å². The molecule has 1 fully saturated rings. The van der Waals surface area contributed by atoms with Crippen molar-refractivity contribution in [2.75, 3.05) is 19.6 Å². The van der Waals surface area contributed by atoms with Crippen LogP contribution in [0.1, 0.15) is 32.6 Å². The van der Waals surface area contributed by atoms with Crippen LogP contribution in [-0.4, -0.2) is 47.6 Å². The first-order valence-corrected chi connectivity index (χ1v) is 7.52. The van der Waals surface area contributed by atoms with Gasteiger partial charge in [0.2, 0.25) is 5.91 Å². The van der Waals surface area contributed by atoms with Crippen LogP contribution in [0.4, 0.5) is 0 Å². The Morgan fingerprint density at radius 2 is 2.00 bits per heavy atom. The van der Waals surface area contributed by atoms with Crippen LogP contribution < -0.4 is 5.32 Å². The Hall–Kier alpha value is -1.36. The second-order valence-corrected chi connectivity index (χ2v) is 5.74. The second kappa shape index (κ2) is 6.88. The first-order valence-electron chi connectivity index (χ1n) is 7.52. The molecule has 0 aromatic carbocycles. The number of carbonyl (C=O) groups is 2. The van der Waals surface area contributed by atoms with E-state index in [0.29, 0.717) is 12.8 Å². The summed E-state index contributed by atoms with van der Waals surface area (Å²) in [4.78, 5) is 25.9. The van der Waals surface area contributed by atoms with Crippen LogP contribution in [0.3, 0.4) is 0 Å². The minimum Gasteiger partial charge on any atom is -0.481 e. The zero-order chi connectivity index (χ0) is 14.5. The molecule has 5 nitrogen and oxygen atoms in total. The number of hydrogen-bond acceptors (Lipinski definition) is 3. The molecule has 0 saturated carbocycles. The van der Waals surface area contributed by atoms with Gasteiger partial charge in [-0.25, -0.2) is 0 Å². The van der Waals surface area contributed by atoms with Gasteiger partial charge >= 0.3 is 5.97 Å². The van der Waals surface area contributed by atoms with E-state index in [0.717, 1.165) is 32.5 Å². The van der Waals surface area contributed by atoms with Crippen molar-refractivity contribution in [2.45, 2.75) is 38.6 Å². The summed E-state index contributed by atoms with van der Waals surface area (Å²) in [6.07, 6.45) is 6.85. The fourth-order valence-corrected chi connectivity index (χ4v) is 3.15. The van der Waals surface area contributed by atoms with E-state index >= 15 is 0 Å². The van der Waals surface area contributed by atoms with E-state index in [1.54, 1.807) is 0 Å². The number of carboxylic acids is 1. The van der Waals surface area contributed by atoms with E-state index in [9.17, 15) is 14.7 Å².